The van der Waals surface area contributed by atoms with Gasteiger partial charge in [-0.1, -0.05) is 61.9 Å². The number of sulfonamides is 1. The second kappa shape index (κ2) is 11.2. The van der Waals surface area contributed by atoms with E-state index < -0.39 is 22.0 Å². The zero-order valence-electron chi connectivity index (χ0n) is 18.0. The number of amides is 1. The average molecular weight is 494 g/mol. The third kappa shape index (κ3) is 5.87. The van der Waals surface area contributed by atoms with E-state index >= 15 is 0 Å². The first-order valence-electron chi connectivity index (χ1n) is 10.4. The van der Waals surface area contributed by atoms with Crippen molar-refractivity contribution in [2.45, 2.75) is 54.9 Å². The molecule has 2 aromatic carbocycles. The van der Waals surface area contributed by atoms with E-state index in [1.807, 2.05) is 6.07 Å². The van der Waals surface area contributed by atoms with Gasteiger partial charge in [-0.3, -0.25) is 10.0 Å². The van der Waals surface area contributed by atoms with Gasteiger partial charge >= 0.3 is 0 Å². The van der Waals surface area contributed by atoms with Crippen molar-refractivity contribution >= 4 is 49.2 Å². The van der Waals surface area contributed by atoms with Gasteiger partial charge in [0.05, 0.1) is 15.1 Å². The van der Waals surface area contributed by atoms with Crippen LogP contribution in [0.3, 0.4) is 0 Å². The summed E-state index contributed by atoms with van der Waals surface area (Å²) in [6.07, 6.45) is 3.46. The number of nitrogens with one attached hydrogen (secondary N) is 1. The van der Waals surface area contributed by atoms with Gasteiger partial charge in [-0.15, -0.1) is 11.3 Å². The van der Waals surface area contributed by atoms with Crippen LogP contribution in [0.25, 0.3) is 10.2 Å². The van der Waals surface area contributed by atoms with Crippen LogP contribution in [0, 0.1) is 0 Å². The normalized spacial score (nSPS) is 12.9. The molecular weight excluding hydrogens is 466 g/mol. The highest BCUT2D eigenvalue weighted by Crippen LogP contribution is 2.32. The van der Waals surface area contributed by atoms with Crippen molar-refractivity contribution in [2.75, 3.05) is 5.75 Å². The lowest BCUT2D eigenvalue weighted by molar-refractivity contribution is -0.132. The minimum atomic E-state index is -4.03. The number of hydroxylamine groups is 1. The predicted octanol–water partition coefficient (Wildman–Crippen LogP) is 4.66. The molecule has 1 heterocycles. The summed E-state index contributed by atoms with van der Waals surface area (Å²) in [6, 6.07) is 12.8. The molecule has 0 spiro atoms. The Labute approximate surface area is 196 Å². The SMILES string of the molecule is CCCCCSc1nc2ccc(S(=O)(=O)N(Cc3ccccc3)[C@H](C)C(=O)NO)cc2s1. The number of nitrogens with zero attached hydrogens (tertiary/aromatic N) is 2. The Hall–Kier alpha value is -1.98. The summed E-state index contributed by atoms with van der Waals surface area (Å²) in [5, 5.41) is 9.08. The Morgan fingerprint density at radius 1 is 1.22 bits per heavy atom. The van der Waals surface area contributed by atoms with Gasteiger partial charge < -0.3 is 0 Å². The molecule has 172 valence electrons. The highest BCUT2D eigenvalue weighted by atomic mass is 32.2. The van der Waals surface area contributed by atoms with Crippen LogP contribution in [-0.4, -0.2) is 40.6 Å². The predicted molar refractivity (Wildman–Crippen MR) is 128 cm³/mol. The van der Waals surface area contributed by atoms with Crippen LogP contribution in [0.2, 0.25) is 0 Å². The number of carbonyl (C=O) groups excluding carboxylic acids is 1. The highest BCUT2D eigenvalue weighted by Gasteiger charge is 2.33. The average Bonchev–Trinajstić information content (AvgIpc) is 3.22. The molecule has 0 saturated carbocycles. The van der Waals surface area contributed by atoms with Crippen molar-refractivity contribution in [1.82, 2.24) is 14.8 Å². The summed E-state index contributed by atoms with van der Waals surface area (Å²) in [4.78, 5) is 16.8. The summed E-state index contributed by atoms with van der Waals surface area (Å²) in [6.45, 7) is 3.61. The molecule has 10 heteroatoms. The lowest BCUT2D eigenvalue weighted by Gasteiger charge is -2.27. The second-order valence-electron chi connectivity index (χ2n) is 7.35. The van der Waals surface area contributed by atoms with Crippen LogP contribution >= 0.6 is 23.1 Å². The fourth-order valence-electron chi connectivity index (χ4n) is 3.17. The van der Waals surface area contributed by atoms with Gasteiger partial charge in [0.1, 0.15) is 6.04 Å². The van der Waals surface area contributed by atoms with Crippen molar-refractivity contribution in [3.8, 4) is 0 Å². The van der Waals surface area contributed by atoms with Crippen LogP contribution in [0.5, 0.6) is 0 Å². The fraction of sp³-hybridized carbons (Fsp3) is 0.364. The molecule has 7 nitrogen and oxygen atoms in total. The summed E-state index contributed by atoms with van der Waals surface area (Å²) >= 11 is 3.16. The van der Waals surface area contributed by atoms with E-state index in [9.17, 15) is 13.2 Å². The molecule has 3 aromatic rings. The number of aromatic nitrogens is 1. The lowest BCUT2D eigenvalue weighted by atomic mass is 10.2. The third-order valence-corrected chi connectivity index (χ3v) is 9.18. The first kappa shape index (κ1) is 24.7. The van der Waals surface area contributed by atoms with Gasteiger partial charge in [0, 0.05) is 12.3 Å². The van der Waals surface area contributed by atoms with Crippen molar-refractivity contribution in [3.63, 3.8) is 0 Å². The molecule has 32 heavy (non-hydrogen) atoms. The van der Waals surface area contributed by atoms with Crippen LogP contribution in [-0.2, 0) is 21.4 Å². The van der Waals surface area contributed by atoms with E-state index in [4.69, 9.17) is 5.21 Å². The van der Waals surface area contributed by atoms with E-state index in [1.54, 1.807) is 53.6 Å². The Balaban J connectivity index is 1.91. The van der Waals surface area contributed by atoms with Gasteiger partial charge in [-0.25, -0.2) is 18.9 Å². The zero-order valence-corrected chi connectivity index (χ0v) is 20.5. The molecule has 1 aromatic heterocycles. The number of unbranched alkanes of at least 4 members (excludes halogenated alkanes) is 2. The molecule has 0 aliphatic carbocycles. The minimum absolute atomic E-state index is 0.00296. The molecular formula is C22H27N3O4S3. The zero-order chi connectivity index (χ0) is 23.1. The number of rotatable bonds is 11. The molecule has 0 saturated heterocycles. The molecule has 1 amide bonds. The highest BCUT2D eigenvalue weighted by molar-refractivity contribution is 8.01. The maximum absolute atomic E-state index is 13.5. The summed E-state index contributed by atoms with van der Waals surface area (Å²) in [5.41, 5.74) is 3.05. The smallest absolute Gasteiger partial charge is 0.261 e. The van der Waals surface area contributed by atoms with Crippen LogP contribution in [0.4, 0.5) is 0 Å². The lowest BCUT2D eigenvalue weighted by Crippen LogP contribution is -2.46. The molecule has 0 aliphatic heterocycles. The van der Waals surface area contributed by atoms with E-state index in [0.29, 0.717) is 0 Å². The van der Waals surface area contributed by atoms with Gasteiger partial charge in [-0.05, 0) is 37.1 Å². The maximum Gasteiger partial charge on any atom is 0.261 e. The summed E-state index contributed by atoms with van der Waals surface area (Å²) < 4.78 is 29.9. The molecule has 1 atom stereocenters. The largest absolute Gasteiger partial charge is 0.289 e. The molecule has 3 rings (SSSR count). The monoisotopic (exact) mass is 493 g/mol. The Morgan fingerprint density at radius 2 is 1.97 bits per heavy atom. The number of thiazole rings is 1. The van der Waals surface area contributed by atoms with E-state index in [2.05, 4.69) is 11.9 Å². The number of fused-ring (bicyclic) bond motifs is 1. The minimum Gasteiger partial charge on any atom is -0.289 e. The third-order valence-electron chi connectivity index (χ3n) is 5.02. The number of benzene rings is 2. The van der Waals surface area contributed by atoms with Crippen LogP contribution in [0.1, 0.15) is 38.7 Å². The number of hydrogen-bond acceptors (Lipinski definition) is 7. The molecule has 0 fully saturated rings. The van der Waals surface area contributed by atoms with Crippen molar-refractivity contribution in [2.24, 2.45) is 0 Å². The van der Waals surface area contributed by atoms with E-state index in [1.165, 1.54) is 30.7 Å². The quantitative estimate of drug-likeness (QED) is 0.174. The summed E-state index contributed by atoms with van der Waals surface area (Å²) in [5.74, 6) is 0.186. The fourth-order valence-corrected chi connectivity index (χ4v) is 7.03. The molecule has 2 N–H and O–H groups in total. The number of hydrogen-bond donors (Lipinski definition) is 2. The molecule has 0 bridgehead atoms. The first-order chi connectivity index (χ1) is 15.4. The van der Waals surface area contributed by atoms with E-state index in [-0.39, 0.29) is 11.4 Å². The first-order valence-corrected chi connectivity index (χ1v) is 13.6. The van der Waals surface area contributed by atoms with Gasteiger partial charge in [0.25, 0.3) is 5.91 Å². The second-order valence-corrected chi connectivity index (χ2v) is 11.6. The van der Waals surface area contributed by atoms with Crippen molar-refractivity contribution in [3.05, 3.63) is 54.1 Å². The molecule has 0 unspecified atom stereocenters. The van der Waals surface area contributed by atoms with Crippen molar-refractivity contribution < 1.29 is 18.4 Å². The number of carbonyl (C=O) groups is 1. The van der Waals surface area contributed by atoms with Crippen LogP contribution < -0.4 is 5.48 Å². The summed E-state index contributed by atoms with van der Waals surface area (Å²) in [7, 11) is -4.03. The topological polar surface area (TPSA) is 99.6 Å². The van der Waals surface area contributed by atoms with Crippen molar-refractivity contribution in [1.29, 1.82) is 0 Å². The van der Waals surface area contributed by atoms with Crippen LogP contribution in [0.15, 0.2) is 57.8 Å². The van der Waals surface area contributed by atoms with Gasteiger partial charge in [0.2, 0.25) is 10.0 Å². The molecule has 0 radical (unpaired) electrons. The Kier molecular flexibility index (Phi) is 8.66. The Bertz CT molecular complexity index is 1150. The standard InChI is InChI=1S/C22H27N3O4S3/c1-3-4-8-13-30-22-23-19-12-11-18(14-20(19)31-22)32(28,29)25(16(2)21(26)24-27)15-17-9-6-5-7-10-17/h5-7,9-12,14,16,27H,3-4,8,13,15H2,1-2H3,(H,24,26)/t16-/m1/s1. The Morgan fingerprint density at radius 3 is 2.66 bits per heavy atom. The molecule has 0 aliphatic rings. The van der Waals surface area contributed by atoms with Gasteiger partial charge in [0.15, 0.2) is 4.34 Å². The number of thioether (sulfide) groups is 1. The van der Waals surface area contributed by atoms with E-state index in [0.717, 1.165) is 43.0 Å². The maximum atomic E-state index is 13.5. The van der Waals surface area contributed by atoms with Gasteiger partial charge in [-0.2, -0.15) is 4.31 Å².